The van der Waals surface area contributed by atoms with E-state index in [9.17, 15) is 13.2 Å². The molecule has 0 aromatic heterocycles. The molecule has 3 rings (SSSR count). The molecule has 0 aliphatic carbocycles. The molecule has 3 aromatic carbocycles. The number of ether oxygens (including phenoxy) is 2. The number of carbonyl (C=O) groups is 1. The van der Waals surface area contributed by atoms with E-state index in [1.807, 2.05) is 32.9 Å². The van der Waals surface area contributed by atoms with E-state index in [1.54, 1.807) is 49.4 Å². The first-order valence-corrected chi connectivity index (χ1v) is 13.1. The van der Waals surface area contributed by atoms with Crippen molar-refractivity contribution in [3.63, 3.8) is 0 Å². The molecular weight excluding hydrogens is 478 g/mol. The summed E-state index contributed by atoms with van der Waals surface area (Å²) in [4.78, 5) is 12.9. The van der Waals surface area contributed by atoms with Gasteiger partial charge in [-0.15, -0.1) is 0 Å². The molecule has 0 bridgehead atoms. The number of hydrogen-bond donors (Lipinski definition) is 1. The fraction of sp³-hybridized carbons (Fsp3) is 0.259. The van der Waals surface area contributed by atoms with Crippen molar-refractivity contribution in [2.45, 2.75) is 32.6 Å². The number of anilines is 1. The number of hydrazone groups is 1. The first-order valence-electron chi connectivity index (χ1n) is 11.6. The Morgan fingerprint density at radius 3 is 2.33 bits per heavy atom. The molecule has 0 saturated carbocycles. The molecule has 0 heterocycles. The predicted molar refractivity (Wildman–Crippen MR) is 141 cm³/mol. The molecule has 1 N–H and O–H groups in total. The third-order valence-electron chi connectivity index (χ3n) is 5.22. The number of nitrogens with one attached hydrogen (secondary N) is 1. The molecule has 36 heavy (non-hydrogen) atoms. The van der Waals surface area contributed by atoms with Gasteiger partial charge in [0.05, 0.1) is 30.0 Å². The van der Waals surface area contributed by atoms with Gasteiger partial charge in [0.1, 0.15) is 6.54 Å². The van der Waals surface area contributed by atoms with E-state index in [1.165, 1.54) is 18.3 Å². The lowest BCUT2D eigenvalue weighted by Crippen LogP contribution is -2.40. The zero-order valence-corrected chi connectivity index (χ0v) is 21.7. The van der Waals surface area contributed by atoms with Gasteiger partial charge in [-0.25, -0.2) is 13.8 Å². The summed E-state index contributed by atoms with van der Waals surface area (Å²) in [6, 6.07) is 18.8. The molecule has 0 aliphatic rings. The number of benzene rings is 3. The molecule has 3 aromatic rings. The highest BCUT2D eigenvalue weighted by atomic mass is 32.2. The van der Waals surface area contributed by atoms with Crippen molar-refractivity contribution >= 4 is 27.8 Å². The molecule has 0 spiro atoms. The number of rotatable bonds is 11. The Morgan fingerprint density at radius 2 is 1.64 bits per heavy atom. The van der Waals surface area contributed by atoms with E-state index in [0.29, 0.717) is 36.0 Å². The van der Waals surface area contributed by atoms with Crippen molar-refractivity contribution in [1.29, 1.82) is 0 Å². The van der Waals surface area contributed by atoms with Crippen LogP contribution in [0.15, 0.2) is 76.7 Å². The van der Waals surface area contributed by atoms with Gasteiger partial charge < -0.3 is 9.47 Å². The van der Waals surface area contributed by atoms with Crippen LogP contribution >= 0.6 is 0 Å². The lowest BCUT2D eigenvalue weighted by Gasteiger charge is -2.25. The summed E-state index contributed by atoms with van der Waals surface area (Å²) in [6.45, 7) is 7.98. The van der Waals surface area contributed by atoms with Crippen LogP contribution in [-0.4, -0.2) is 40.3 Å². The van der Waals surface area contributed by atoms with Crippen molar-refractivity contribution in [3.05, 3.63) is 83.4 Å². The van der Waals surface area contributed by atoms with E-state index in [-0.39, 0.29) is 4.90 Å². The zero-order chi connectivity index (χ0) is 26.1. The predicted octanol–water partition coefficient (Wildman–Crippen LogP) is 4.45. The molecule has 1 amide bonds. The second-order valence-electron chi connectivity index (χ2n) is 7.98. The van der Waals surface area contributed by atoms with Crippen LogP contribution < -0.4 is 19.2 Å². The van der Waals surface area contributed by atoms with Crippen LogP contribution in [0.5, 0.6) is 11.5 Å². The van der Waals surface area contributed by atoms with E-state index in [4.69, 9.17) is 9.47 Å². The third-order valence-corrected chi connectivity index (χ3v) is 7.00. The van der Waals surface area contributed by atoms with Crippen LogP contribution in [0.25, 0.3) is 0 Å². The van der Waals surface area contributed by atoms with Crippen molar-refractivity contribution < 1.29 is 22.7 Å². The van der Waals surface area contributed by atoms with Crippen LogP contribution in [0.3, 0.4) is 0 Å². The summed E-state index contributed by atoms with van der Waals surface area (Å²) in [5, 5.41) is 4.02. The maximum absolute atomic E-state index is 13.5. The average molecular weight is 510 g/mol. The SMILES string of the molecule is CCOc1ccc(/C=N\NC(=O)CN(c2cc(C)ccc2C)S(=O)(=O)c2ccccc2)cc1OCC. The van der Waals surface area contributed by atoms with E-state index in [0.717, 1.165) is 15.4 Å². The highest BCUT2D eigenvalue weighted by molar-refractivity contribution is 7.92. The Kier molecular flexibility index (Phi) is 9.08. The lowest BCUT2D eigenvalue weighted by molar-refractivity contribution is -0.119. The smallest absolute Gasteiger partial charge is 0.264 e. The highest BCUT2D eigenvalue weighted by Gasteiger charge is 2.28. The fourth-order valence-electron chi connectivity index (χ4n) is 3.50. The average Bonchev–Trinajstić information content (AvgIpc) is 2.86. The molecule has 0 unspecified atom stereocenters. The van der Waals surface area contributed by atoms with Gasteiger partial charge >= 0.3 is 0 Å². The second-order valence-corrected chi connectivity index (χ2v) is 9.84. The summed E-state index contributed by atoms with van der Waals surface area (Å²) in [5.74, 6) is 0.614. The zero-order valence-electron chi connectivity index (χ0n) is 20.9. The summed E-state index contributed by atoms with van der Waals surface area (Å²) in [7, 11) is -4.00. The van der Waals surface area contributed by atoms with Gasteiger partial charge in [0.15, 0.2) is 11.5 Å². The van der Waals surface area contributed by atoms with Crippen molar-refractivity contribution in [1.82, 2.24) is 5.43 Å². The fourth-order valence-corrected chi connectivity index (χ4v) is 5.00. The molecule has 0 atom stereocenters. The number of sulfonamides is 1. The minimum atomic E-state index is -4.00. The van der Waals surface area contributed by atoms with Crippen LogP contribution in [0.2, 0.25) is 0 Å². The number of nitrogens with zero attached hydrogens (tertiary/aromatic N) is 2. The Hall–Kier alpha value is -3.85. The minimum Gasteiger partial charge on any atom is -0.490 e. The van der Waals surface area contributed by atoms with Crippen molar-refractivity contribution in [2.24, 2.45) is 5.10 Å². The molecule has 0 radical (unpaired) electrons. The first-order chi connectivity index (χ1) is 17.3. The van der Waals surface area contributed by atoms with Crippen LogP contribution in [0.1, 0.15) is 30.5 Å². The van der Waals surface area contributed by atoms with Crippen LogP contribution in [0.4, 0.5) is 5.69 Å². The topological polar surface area (TPSA) is 97.3 Å². The second kappa shape index (κ2) is 12.2. The van der Waals surface area contributed by atoms with Gasteiger partial charge in [-0.1, -0.05) is 30.3 Å². The molecule has 9 heteroatoms. The van der Waals surface area contributed by atoms with Crippen LogP contribution in [-0.2, 0) is 14.8 Å². The molecule has 0 aliphatic heterocycles. The van der Waals surface area contributed by atoms with Gasteiger partial charge in [0, 0.05) is 0 Å². The van der Waals surface area contributed by atoms with Crippen molar-refractivity contribution in [3.8, 4) is 11.5 Å². The Morgan fingerprint density at radius 1 is 0.944 bits per heavy atom. The number of hydrogen-bond acceptors (Lipinski definition) is 6. The standard InChI is InChI=1S/C27H31N3O5S/c1-5-34-25-15-14-22(17-26(25)35-6-2)18-28-29-27(31)19-30(24-16-20(3)12-13-21(24)4)36(32,33)23-10-8-7-9-11-23/h7-18H,5-6,19H2,1-4H3,(H,29,31)/b28-18-. The van der Waals surface area contributed by atoms with Gasteiger partial charge in [-0.05, 0) is 80.8 Å². The normalized spacial score (nSPS) is 11.3. The van der Waals surface area contributed by atoms with Crippen molar-refractivity contribution in [2.75, 3.05) is 24.1 Å². The summed E-state index contributed by atoms with van der Waals surface area (Å²) in [5.41, 5.74) is 5.16. The lowest BCUT2D eigenvalue weighted by atomic mass is 10.1. The van der Waals surface area contributed by atoms with E-state index < -0.39 is 22.5 Å². The molecule has 190 valence electrons. The number of amides is 1. The maximum Gasteiger partial charge on any atom is 0.264 e. The molecule has 8 nitrogen and oxygen atoms in total. The summed E-state index contributed by atoms with van der Waals surface area (Å²) >= 11 is 0. The number of carbonyl (C=O) groups excluding carboxylic acids is 1. The largest absolute Gasteiger partial charge is 0.490 e. The highest BCUT2D eigenvalue weighted by Crippen LogP contribution is 2.29. The molecule has 0 saturated heterocycles. The number of aryl methyl sites for hydroxylation is 2. The quantitative estimate of drug-likeness (QED) is 0.304. The Balaban J connectivity index is 1.83. The minimum absolute atomic E-state index is 0.0973. The van der Waals surface area contributed by atoms with Gasteiger partial charge in [0.2, 0.25) is 0 Å². The van der Waals surface area contributed by atoms with E-state index in [2.05, 4.69) is 10.5 Å². The third kappa shape index (κ3) is 6.63. The Bertz CT molecular complexity index is 1320. The molecule has 0 fully saturated rings. The first kappa shape index (κ1) is 26.7. The summed E-state index contributed by atoms with van der Waals surface area (Å²) in [6.07, 6.45) is 1.46. The maximum atomic E-state index is 13.5. The monoisotopic (exact) mass is 509 g/mol. The molecular formula is C27H31N3O5S. The van der Waals surface area contributed by atoms with E-state index >= 15 is 0 Å². The van der Waals surface area contributed by atoms with Crippen LogP contribution in [0, 0.1) is 13.8 Å². The Labute approximate surface area is 212 Å². The van der Waals surface area contributed by atoms with Gasteiger partial charge in [-0.2, -0.15) is 5.10 Å². The van der Waals surface area contributed by atoms with Gasteiger partial charge in [-0.3, -0.25) is 9.10 Å². The summed E-state index contributed by atoms with van der Waals surface area (Å²) < 4.78 is 39.3. The van der Waals surface area contributed by atoms with Gasteiger partial charge in [0.25, 0.3) is 15.9 Å².